The molecule has 0 aliphatic carbocycles. The van der Waals surface area contributed by atoms with E-state index in [9.17, 15) is 43.9 Å². The fourth-order valence-corrected chi connectivity index (χ4v) is 0.469. The van der Waals surface area contributed by atoms with Gasteiger partial charge in [0.05, 0.1) is 0 Å². The summed E-state index contributed by atoms with van der Waals surface area (Å²) in [4.78, 5) is 0. The van der Waals surface area contributed by atoms with Gasteiger partial charge in [-0.3, -0.25) is 4.74 Å². The second-order valence-corrected chi connectivity index (χ2v) is 2.41. The van der Waals surface area contributed by atoms with Crippen molar-refractivity contribution in [1.29, 1.82) is 0 Å². The summed E-state index contributed by atoms with van der Waals surface area (Å²) in [5.41, 5.74) is 0. The van der Waals surface area contributed by atoms with Gasteiger partial charge < -0.3 is 0 Å². The molecule has 0 aromatic rings. The molecule has 1 nitrogen and oxygen atoms in total. The molecule has 0 spiro atoms. The van der Waals surface area contributed by atoms with Crippen LogP contribution < -0.4 is 0 Å². The lowest BCUT2D eigenvalue weighted by molar-refractivity contribution is -0.453. The Morgan fingerprint density at radius 2 is 1.06 bits per heavy atom. The van der Waals surface area contributed by atoms with Crippen LogP contribution in [0.2, 0.25) is 0 Å². The van der Waals surface area contributed by atoms with Crippen LogP contribution in [0.3, 0.4) is 0 Å². The Morgan fingerprint density at radius 3 is 1.25 bits per heavy atom. The van der Waals surface area contributed by atoms with Crippen molar-refractivity contribution in [2.45, 2.75) is 31.0 Å². The number of ether oxygens (including phenoxy) is 1. The van der Waals surface area contributed by atoms with Gasteiger partial charge in [0, 0.05) is 0 Å². The molecule has 0 aromatic heterocycles. The molecule has 0 saturated heterocycles. The highest BCUT2D eigenvalue weighted by Crippen LogP contribution is 2.44. The molecule has 0 aromatic carbocycles. The van der Waals surface area contributed by atoms with Crippen molar-refractivity contribution in [3.63, 3.8) is 0 Å². The Hall–Kier alpha value is -0.740. The molecule has 0 saturated carbocycles. The minimum Gasteiger partial charge on any atom is -0.265 e. The Morgan fingerprint density at radius 1 is 0.688 bits per heavy atom. The highest BCUT2D eigenvalue weighted by molar-refractivity contribution is 4.82. The fourth-order valence-electron chi connectivity index (χ4n) is 0.469. The van der Waals surface area contributed by atoms with Crippen LogP contribution in [0.5, 0.6) is 0 Å². The fraction of sp³-hybridized carbons (Fsp3) is 1.00. The first-order chi connectivity index (χ1) is 6.84. The SMILES string of the molecule is FC(F)C(F)(F)OC(F)(C(F)F)C(F)(F)F. The van der Waals surface area contributed by atoms with Crippen molar-refractivity contribution in [3.05, 3.63) is 0 Å². The maximum atomic E-state index is 12.4. The van der Waals surface area contributed by atoms with Gasteiger partial charge in [0.15, 0.2) is 0 Å². The minimum atomic E-state index is -6.58. The van der Waals surface area contributed by atoms with Gasteiger partial charge in [-0.25, -0.2) is 17.6 Å². The lowest BCUT2D eigenvalue weighted by Crippen LogP contribution is -2.54. The van der Waals surface area contributed by atoms with Crippen molar-refractivity contribution < 1.29 is 48.6 Å². The molecule has 1 atom stereocenters. The summed E-state index contributed by atoms with van der Waals surface area (Å²) in [5.74, 6) is -6.16. The average molecular weight is 268 g/mol. The van der Waals surface area contributed by atoms with Crippen LogP contribution in [-0.4, -0.2) is 31.0 Å². The number of rotatable bonds is 4. The van der Waals surface area contributed by atoms with Crippen molar-refractivity contribution in [1.82, 2.24) is 0 Å². The number of hydrogen-bond donors (Lipinski definition) is 0. The maximum absolute atomic E-state index is 12.4. The van der Waals surface area contributed by atoms with Gasteiger partial charge in [-0.1, -0.05) is 0 Å². The van der Waals surface area contributed by atoms with Gasteiger partial charge in [0.2, 0.25) is 0 Å². The standard InChI is InChI=1S/C5H2F10O/c6-1(7)3(10,5(13,14)15)16-4(11,12)2(8)9/h1-2H. The second-order valence-electron chi connectivity index (χ2n) is 2.41. The van der Waals surface area contributed by atoms with E-state index in [1.807, 2.05) is 4.74 Å². The van der Waals surface area contributed by atoms with E-state index < -0.39 is 31.0 Å². The topological polar surface area (TPSA) is 9.23 Å². The van der Waals surface area contributed by atoms with Gasteiger partial charge in [0.1, 0.15) is 0 Å². The smallest absolute Gasteiger partial charge is 0.265 e. The quantitative estimate of drug-likeness (QED) is 0.710. The highest BCUT2D eigenvalue weighted by atomic mass is 19.4. The summed E-state index contributed by atoms with van der Waals surface area (Å²) >= 11 is 0. The van der Waals surface area contributed by atoms with Gasteiger partial charge in [0.25, 0.3) is 0 Å². The monoisotopic (exact) mass is 268 g/mol. The van der Waals surface area contributed by atoms with E-state index in [0.29, 0.717) is 0 Å². The highest BCUT2D eigenvalue weighted by Gasteiger charge is 2.69. The van der Waals surface area contributed by atoms with Gasteiger partial charge >= 0.3 is 31.0 Å². The third kappa shape index (κ3) is 2.89. The summed E-state index contributed by atoms with van der Waals surface area (Å²) in [6.07, 6.45) is -22.6. The molecule has 0 fully saturated rings. The second kappa shape index (κ2) is 4.26. The third-order valence-corrected chi connectivity index (χ3v) is 1.21. The van der Waals surface area contributed by atoms with Crippen molar-refractivity contribution in [2.75, 3.05) is 0 Å². The molecule has 0 radical (unpaired) electrons. The summed E-state index contributed by atoms with van der Waals surface area (Å²) in [7, 11) is 0. The molecule has 0 aliphatic heterocycles. The van der Waals surface area contributed by atoms with E-state index >= 15 is 0 Å². The first-order valence-electron chi connectivity index (χ1n) is 3.24. The van der Waals surface area contributed by atoms with Crippen molar-refractivity contribution in [3.8, 4) is 0 Å². The number of hydrogen-bond acceptors (Lipinski definition) is 1. The molecule has 0 N–H and O–H groups in total. The van der Waals surface area contributed by atoms with E-state index in [-0.39, 0.29) is 0 Å². The summed E-state index contributed by atoms with van der Waals surface area (Å²) in [6.45, 7) is 0. The first kappa shape index (κ1) is 15.3. The number of halogens is 10. The van der Waals surface area contributed by atoms with Crippen LogP contribution in [0.1, 0.15) is 0 Å². The maximum Gasteiger partial charge on any atom is 0.454 e. The van der Waals surface area contributed by atoms with Crippen molar-refractivity contribution >= 4 is 0 Å². The van der Waals surface area contributed by atoms with Crippen molar-refractivity contribution in [2.24, 2.45) is 0 Å². The minimum absolute atomic E-state index is 1.89. The summed E-state index contributed by atoms with van der Waals surface area (Å²) in [6, 6.07) is 0. The normalized spacial score (nSPS) is 18.0. The molecular weight excluding hydrogens is 266 g/mol. The summed E-state index contributed by atoms with van der Waals surface area (Å²) in [5, 5.41) is 0. The predicted octanol–water partition coefficient (Wildman–Crippen LogP) is 3.35. The van der Waals surface area contributed by atoms with Crippen LogP contribution in [0.15, 0.2) is 0 Å². The molecule has 0 heterocycles. The van der Waals surface area contributed by atoms with Crippen LogP contribution >= 0.6 is 0 Å². The Bertz CT molecular complexity index is 234. The van der Waals surface area contributed by atoms with Gasteiger partial charge in [-0.15, -0.1) is 0 Å². The lowest BCUT2D eigenvalue weighted by atomic mass is 10.3. The van der Waals surface area contributed by atoms with E-state index in [2.05, 4.69) is 0 Å². The molecule has 1 unspecified atom stereocenters. The molecule has 11 heteroatoms. The van der Waals surface area contributed by atoms with Crippen LogP contribution in [0.25, 0.3) is 0 Å². The molecule has 0 rings (SSSR count). The Kier molecular flexibility index (Phi) is 4.06. The number of alkyl halides is 10. The molecule has 16 heavy (non-hydrogen) atoms. The zero-order valence-electron chi connectivity index (χ0n) is 6.84. The molecule has 0 aliphatic rings. The van der Waals surface area contributed by atoms with Crippen LogP contribution in [-0.2, 0) is 4.74 Å². The van der Waals surface area contributed by atoms with Crippen LogP contribution in [0, 0.1) is 0 Å². The van der Waals surface area contributed by atoms with E-state index in [4.69, 9.17) is 0 Å². The van der Waals surface area contributed by atoms with Crippen LogP contribution in [0.4, 0.5) is 43.9 Å². The molecular formula is C5H2F10O. The zero-order valence-corrected chi connectivity index (χ0v) is 6.84. The first-order valence-corrected chi connectivity index (χ1v) is 3.24. The molecule has 0 bridgehead atoms. The predicted molar refractivity (Wildman–Crippen MR) is 27.9 cm³/mol. The van der Waals surface area contributed by atoms with E-state index in [1.165, 1.54) is 0 Å². The zero-order chi connectivity index (χ0) is 13.4. The molecule has 0 amide bonds. The van der Waals surface area contributed by atoms with E-state index in [0.717, 1.165) is 0 Å². The van der Waals surface area contributed by atoms with Gasteiger partial charge in [-0.05, 0) is 0 Å². The Balaban J connectivity index is 5.13. The van der Waals surface area contributed by atoms with Gasteiger partial charge in [-0.2, -0.15) is 26.3 Å². The largest absolute Gasteiger partial charge is 0.454 e. The third-order valence-electron chi connectivity index (χ3n) is 1.21. The Labute approximate surface area is 81.0 Å². The summed E-state index contributed by atoms with van der Waals surface area (Å²) < 4.78 is 119. The molecule has 98 valence electrons. The average Bonchev–Trinajstić information content (AvgIpc) is 2.00. The lowest BCUT2D eigenvalue weighted by Gasteiger charge is -2.30. The van der Waals surface area contributed by atoms with E-state index in [1.54, 1.807) is 0 Å².